The van der Waals surface area contributed by atoms with Crippen molar-refractivity contribution in [3.63, 3.8) is 0 Å². The molecule has 0 spiro atoms. The van der Waals surface area contributed by atoms with Gasteiger partial charge in [-0.2, -0.15) is 0 Å². The van der Waals surface area contributed by atoms with Crippen molar-refractivity contribution in [3.8, 4) is 0 Å². The summed E-state index contributed by atoms with van der Waals surface area (Å²) in [5.41, 5.74) is 0.854. The van der Waals surface area contributed by atoms with Gasteiger partial charge in [-0.25, -0.2) is 18.6 Å². The highest BCUT2D eigenvalue weighted by atomic mass is 32.1. The second-order valence-electron chi connectivity index (χ2n) is 3.28. The van der Waals surface area contributed by atoms with Crippen LogP contribution in [0.2, 0.25) is 0 Å². The predicted octanol–water partition coefficient (Wildman–Crippen LogP) is 2.97. The number of carboxylic acid groups (broad SMARTS) is 1. The first-order chi connectivity index (χ1) is 8.02. The van der Waals surface area contributed by atoms with Gasteiger partial charge in [0.2, 0.25) is 0 Å². The Kier molecular flexibility index (Phi) is 2.93. The average molecular weight is 258 g/mol. The van der Waals surface area contributed by atoms with Gasteiger partial charge >= 0.3 is 5.97 Å². The van der Waals surface area contributed by atoms with Crippen LogP contribution in [-0.4, -0.2) is 23.1 Å². The van der Waals surface area contributed by atoms with Crippen LogP contribution in [0.15, 0.2) is 12.1 Å². The third-order valence-electron chi connectivity index (χ3n) is 2.21. The zero-order chi connectivity index (χ0) is 12.6. The molecule has 0 bridgehead atoms. The van der Waals surface area contributed by atoms with Crippen LogP contribution in [0.3, 0.4) is 0 Å². The monoisotopic (exact) mass is 258 g/mol. The molecule has 0 radical (unpaired) electrons. The minimum atomic E-state index is -2.65. The average Bonchev–Trinajstić information content (AvgIpc) is 2.71. The highest BCUT2D eigenvalue weighted by Gasteiger charge is 2.17. The van der Waals surface area contributed by atoms with E-state index in [9.17, 15) is 13.6 Å². The van der Waals surface area contributed by atoms with Crippen LogP contribution >= 0.6 is 11.3 Å². The first-order valence-electron chi connectivity index (χ1n) is 4.66. The molecular formula is C10H8F2N2O2S. The molecule has 0 atom stereocenters. The fourth-order valence-electron chi connectivity index (χ4n) is 1.45. The van der Waals surface area contributed by atoms with Gasteiger partial charge in [0.25, 0.3) is 6.43 Å². The van der Waals surface area contributed by atoms with E-state index in [1.54, 1.807) is 7.05 Å². The van der Waals surface area contributed by atoms with Gasteiger partial charge in [0, 0.05) is 7.05 Å². The number of nitrogens with one attached hydrogen (secondary N) is 1. The minimum Gasteiger partial charge on any atom is -0.478 e. The minimum absolute atomic E-state index is 0.0475. The lowest BCUT2D eigenvalue weighted by atomic mass is 10.2. The SMILES string of the molecule is CNc1cc(C(=O)O)cc2sc(C(F)F)nc12. The van der Waals surface area contributed by atoms with Gasteiger partial charge in [-0.1, -0.05) is 0 Å². The van der Waals surface area contributed by atoms with E-state index in [4.69, 9.17) is 5.11 Å². The molecule has 0 saturated heterocycles. The normalized spacial score (nSPS) is 11.1. The number of nitrogens with zero attached hydrogens (tertiary/aromatic N) is 1. The highest BCUT2D eigenvalue weighted by Crippen LogP contribution is 2.33. The summed E-state index contributed by atoms with van der Waals surface area (Å²) in [6, 6.07) is 2.72. The number of benzene rings is 1. The Hall–Kier alpha value is -1.76. The Morgan fingerprint density at radius 3 is 2.76 bits per heavy atom. The van der Waals surface area contributed by atoms with E-state index >= 15 is 0 Å². The maximum absolute atomic E-state index is 12.5. The number of aromatic nitrogens is 1. The number of hydrogen-bond donors (Lipinski definition) is 2. The molecule has 0 aliphatic carbocycles. The Labute approximate surface area is 98.9 Å². The second kappa shape index (κ2) is 4.25. The topological polar surface area (TPSA) is 62.2 Å². The molecule has 0 saturated carbocycles. The van der Waals surface area contributed by atoms with E-state index in [-0.39, 0.29) is 10.6 Å². The van der Waals surface area contributed by atoms with Crippen molar-refractivity contribution in [2.45, 2.75) is 6.43 Å². The summed E-state index contributed by atoms with van der Waals surface area (Å²) < 4.78 is 25.5. The van der Waals surface area contributed by atoms with Crippen LogP contribution < -0.4 is 5.32 Å². The molecule has 2 rings (SSSR count). The van der Waals surface area contributed by atoms with Gasteiger partial charge in [-0.05, 0) is 12.1 Å². The van der Waals surface area contributed by atoms with E-state index in [1.165, 1.54) is 12.1 Å². The van der Waals surface area contributed by atoms with E-state index in [0.29, 0.717) is 15.9 Å². The van der Waals surface area contributed by atoms with Crippen LogP contribution in [0.4, 0.5) is 14.5 Å². The van der Waals surface area contributed by atoms with E-state index < -0.39 is 12.4 Å². The number of thiazole rings is 1. The van der Waals surface area contributed by atoms with E-state index in [2.05, 4.69) is 10.3 Å². The number of anilines is 1. The van der Waals surface area contributed by atoms with E-state index in [1.807, 2.05) is 0 Å². The lowest BCUT2D eigenvalue weighted by molar-refractivity contribution is 0.0697. The molecule has 2 aromatic rings. The number of aromatic carboxylic acids is 1. The van der Waals surface area contributed by atoms with Crippen molar-refractivity contribution in [2.75, 3.05) is 12.4 Å². The Balaban J connectivity index is 2.69. The number of fused-ring (bicyclic) bond motifs is 1. The number of hydrogen-bond acceptors (Lipinski definition) is 4. The molecule has 0 amide bonds. The molecule has 4 nitrogen and oxygen atoms in total. The number of alkyl halides is 2. The summed E-state index contributed by atoms with van der Waals surface area (Å²) in [6.07, 6.45) is -2.65. The van der Waals surface area contributed by atoms with Crippen molar-refractivity contribution < 1.29 is 18.7 Å². The molecule has 0 aliphatic rings. The van der Waals surface area contributed by atoms with Crippen LogP contribution in [0.25, 0.3) is 10.2 Å². The molecule has 7 heteroatoms. The maximum Gasteiger partial charge on any atom is 0.335 e. The summed E-state index contributed by atoms with van der Waals surface area (Å²) in [5.74, 6) is -1.10. The molecule has 90 valence electrons. The molecule has 17 heavy (non-hydrogen) atoms. The largest absolute Gasteiger partial charge is 0.478 e. The van der Waals surface area contributed by atoms with Crippen LogP contribution in [0.1, 0.15) is 21.8 Å². The van der Waals surface area contributed by atoms with Crippen LogP contribution in [0.5, 0.6) is 0 Å². The molecule has 1 aromatic heterocycles. The van der Waals surface area contributed by atoms with Crippen molar-refractivity contribution in [1.29, 1.82) is 0 Å². The van der Waals surface area contributed by atoms with Gasteiger partial charge in [-0.3, -0.25) is 0 Å². The van der Waals surface area contributed by atoms with Crippen LogP contribution in [0, 0.1) is 0 Å². The van der Waals surface area contributed by atoms with Crippen LogP contribution in [-0.2, 0) is 0 Å². The lowest BCUT2D eigenvalue weighted by Gasteiger charge is -2.02. The molecule has 0 aliphatic heterocycles. The highest BCUT2D eigenvalue weighted by molar-refractivity contribution is 7.18. The fourth-order valence-corrected chi connectivity index (χ4v) is 2.34. The maximum atomic E-state index is 12.5. The zero-order valence-electron chi connectivity index (χ0n) is 8.70. The first kappa shape index (κ1) is 11.7. The summed E-state index contributed by atoms with van der Waals surface area (Å²) in [6.45, 7) is 0. The third-order valence-corrected chi connectivity index (χ3v) is 3.22. The van der Waals surface area contributed by atoms with Gasteiger partial charge in [0.05, 0.1) is 16.0 Å². The Morgan fingerprint density at radius 1 is 1.53 bits per heavy atom. The first-order valence-corrected chi connectivity index (χ1v) is 5.48. The Bertz CT molecular complexity index is 583. The van der Waals surface area contributed by atoms with Crippen molar-refractivity contribution in [1.82, 2.24) is 4.98 Å². The predicted molar refractivity (Wildman–Crippen MR) is 61.1 cm³/mol. The quantitative estimate of drug-likeness (QED) is 0.888. The van der Waals surface area contributed by atoms with Gasteiger partial charge in [0.1, 0.15) is 5.52 Å². The summed E-state index contributed by atoms with van der Waals surface area (Å²) in [4.78, 5) is 14.7. The number of halogens is 2. The summed E-state index contributed by atoms with van der Waals surface area (Å²) >= 11 is 0.802. The number of carboxylic acids is 1. The van der Waals surface area contributed by atoms with E-state index in [0.717, 1.165) is 11.3 Å². The molecule has 1 heterocycles. The smallest absolute Gasteiger partial charge is 0.335 e. The van der Waals surface area contributed by atoms with Gasteiger partial charge in [-0.15, -0.1) is 11.3 Å². The molecule has 2 N–H and O–H groups in total. The van der Waals surface area contributed by atoms with Crippen molar-refractivity contribution in [3.05, 3.63) is 22.7 Å². The third kappa shape index (κ3) is 2.05. The Morgan fingerprint density at radius 2 is 2.24 bits per heavy atom. The standard InChI is InChI=1S/C10H8F2N2O2S/c1-13-5-2-4(10(15)16)3-6-7(5)14-9(17-6)8(11)12/h2-3,8,13H,1H3,(H,15,16). The van der Waals surface area contributed by atoms with Crippen molar-refractivity contribution >= 4 is 33.2 Å². The molecule has 0 fully saturated rings. The summed E-state index contributed by atoms with van der Waals surface area (Å²) in [5, 5.41) is 11.3. The molecular weight excluding hydrogens is 250 g/mol. The second-order valence-corrected chi connectivity index (χ2v) is 4.34. The lowest BCUT2D eigenvalue weighted by Crippen LogP contribution is -1.98. The number of carbonyl (C=O) groups is 1. The van der Waals surface area contributed by atoms with Gasteiger partial charge < -0.3 is 10.4 Å². The number of rotatable bonds is 3. The van der Waals surface area contributed by atoms with Gasteiger partial charge in [0.15, 0.2) is 5.01 Å². The summed E-state index contributed by atoms with van der Waals surface area (Å²) in [7, 11) is 1.59. The fraction of sp³-hybridized carbons (Fsp3) is 0.200. The van der Waals surface area contributed by atoms with Crippen molar-refractivity contribution in [2.24, 2.45) is 0 Å². The zero-order valence-corrected chi connectivity index (χ0v) is 9.52. The molecule has 0 unspecified atom stereocenters. The molecule has 1 aromatic carbocycles.